The van der Waals surface area contributed by atoms with Gasteiger partial charge in [0.1, 0.15) is 5.75 Å². The van der Waals surface area contributed by atoms with Crippen molar-refractivity contribution in [3.63, 3.8) is 0 Å². The molecule has 1 aliphatic heterocycles. The van der Waals surface area contributed by atoms with Gasteiger partial charge in [-0.3, -0.25) is 9.58 Å². The van der Waals surface area contributed by atoms with E-state index in [1.807, 2.05) is 17.8 Å². The summed E-state index contributed by atoms with van der Waals surface area (Å²) in [5, 5.41) is 14.0. The Balaban J connectivity index is 1.74. The summed E-state index contributed by atoms with van der Waals surface area (Å²) in [4.78, 5) is 13.0. The highest BCUT2D eigenvalue weighted by Gasteiger charge is 2.33. The maximum Gasteiger partial charge on any atom is 0.412 e. The van der Waals surface area contributed by atoms with Gasteiger partial charge in [-0.15, -0.1) is 0 Å². The molecule has 1 aliphatic carbocycles. The second-order valence-electron chi connectivity index (χ2n) is 7.63. The Kier molecular flexibility index (Phi) is 4.92. The Bertz CT molecular complexity index is 921. The SMILES string of the molecule is C[C@H]1CCc2c(ccc(-c3cnn(C4CC4)c3)c2OCCC(F)(F)F)N1C(=O)O. The first-order valence-electron chi connectivity index (χ1n) is 9.66. The molecule has 1 aromatic carbocycles. The molecule has 0 bridgehead atoms. The standard InChI is InChI=1S/C20H22F3N3O3/c1-12-2-5-16-17(26(12)19(27)28)7-6-15(18(16)29-9-8-20(21,22)23)13-10-24-25(11-13)14-3-4-14/h6-7,10-12,14H,2-5,8-9H2,1H3,(H,27,28)/t12-/m0/s1. The summed E-state index contributed by atoms with van der Waals surface area (Å²) in [7, 11) is 0. The first-order chi connectivity index (χ1) is 13.7. The van der Waals surface area contributed by atoms with Gasteiger partial charge >= 0.3 is 12.3 Å². The number of hydrogen-bond acceptors (Lipinski definition) is 3. The number of carbonyl (C=O) groups is 1. The Morgan fingerprint density at radius 2 is 2.07 bits per heavy atom. The van der Waals surface area contributed by atoms with E-state index in [0.717, 1.165) is 18.4 Å². The molecule has 1 aromatic heterocycles. The van der Waals surface area contributed by atoms with Crippen molar-refractivity contribution in [1.82, 2.24) is 9.78 Å². The zero-order valence-corrected chi connectivity index (χ0v) is 15.9. The quantitative estimate of drug-likeness (QED) is 0.752. The molecular formula is C20H22F3N3O3. The number of benzene rings is 1. The third-order valence-electron chi connectivity index (χ3n) is 5.42. The first kappa shape index (κ1) is 19.6. The Labute approximate surface area is 165 Å². The van der Waals surface area contributed by atoms with Crippen LogP contribution in [0.25, 0.3) is 11.1 Å². The summed E-state index contributed by atoms with van der Waals surface area (Å²) in [6, 6.07) is 3.58. The largest absolute Gasteiger partial charge is 0.492 e. The number of nitrogens with zero attached hydrogens (tertiary/aromatic N) is 3. The molecule has 0 spiro atoms. The van der Waals surface area contributed by atoms with E-state index in [1.54, 1.807) is 18.3 Å². The predicted molar refractivity (Wildman–Crippen MR) is 100 cm³/mol. The van der Waals surface area contributed by atoms with E-state index in [0.29, 0.717) is 41.4 Å². The molecule has 9 heteroatoms. The molecule has 1 atom stereocenters. The Hall–Kier alpha value is -2.71. The van der Waals surface area contributed by atoms with Gasteiger partial charge in [-0.2, -0.15) is 18.3 Å². The molecule has 0 radical (unpaired) electrons. The number of carboxylic acid groups (broad SMARTS) is 1. The number of anilines is 1. The topological polar surface area (TPSA) is 67.6 Å². The molecule has 2 aromatic rings. The lowest BCUT2D eigenvalue weighted by Crippen LogP contribution is -2.41. The van der Waals surface area contributed by atoms with Crippen LogP contribution in [0, 0.1) is 0 Å². The van der Waals surface area contributed by atoms with Crippen molar-refractivity contribution in [2.45, 2.75) is 57.3 Å². The second kappa shape index (κ2) is 7.27. The molecular weight excluding hydrogens is 387 g/mol. The van der Waals surface area contributed by atoms with Gasteiger partial charge in [-0.1, -0.05) is 0 Å². The van der Waals surface area contributed by atoms with Crippen LogP contribution < -0.4 is 9.64 Å². The van der Waals surface area contributed by atoms with Crippen molar-refractivity contribution >= 4 is 11.8 Å². The van der Waals surface area contributed by atoms with Crippen LogP contribution in [-0.2, 0) is 6.42 Å². The number of rotatable bonds is 5. The Morgan fingerprint density at radius 3 is 2.72 bits per heavy atom. The summed E-state index contributed by atoms with van der Waals surface area (Å²) in [6.45, 7) is 1.29. The van der Waals surface area contributed by atoms with Crippen molar-refractivity contribution in [2.75, 3.05) is 11.5 Å². The van der Waals surface area contributed by atoms with Gasteiger partial charge in [0.05, 0.1) is 31.0 Å². The summed E-state index contributed by atoms with van der Waals surface area (Å²) < 4.78 is 45.5. The fraction of sp³-hybridized carbons (Fsp3) is 0.500. The van der Waals surface area contributed by atoms with Crippen LogP contribution in [0.5, 0.6) is 5.75 Å². The molecule has 156 valence electrons. The van der Waals surface area contributed by atoms with Gasteiger partial charge in [0.15, 0.2) is 0 Å². The number of alkyl halides is 3. The summed E-state index contributed by atoms with van der Waals surface area (Å²) in [5.41, 5.74) is 2.49. The molecule has 1 saturated carbocycles. The minimum absolute atomic E-state index is 0.216. The maximum atomic E-state index is 12.7. The highest BCUT2D eigenvalue weighted by atomic mass is 19.4. The highest BCUT2D eigenvalue weighted by Crippen LogP contribution is 2.44. The number of ether oxygens (including phenoxy) is 1. The van der Waals surface area contributed by atoms with Gasteiger partial charge in [-0.25, -0.2) is 4.79 Å². The van der Waals surface area contributed by atoms with E-state index in [-0.39, 0.29) is 6.04 Å². The normalized spacial score (nSPS) is 19.2. The second-order valence-corrected chi connectivity index (χ2v) is 7.63. The van der Waals surface area contributed by atoms with E-state index in [2.05, 4.69) is 5.10 Å². The van der Waals surface area contributed by atoms with Crippen molar-refractivity contribution in [1.29, 1.82) is 0 Å². The average Bonchev–Trinajstić information content (AvgIpc) is 3.37. The zero-order chi connectivity index (χ0) is 20.8. The van der Waals surface area contributed by atoms with E-state index < -0.39 is 25.3 Å². The van der Waals surface area contributed by atoms with Crippen molar-refractivity contribution in [2.24, 2.45) is 0 Å². The van der Waals surface area contributed by atoms with Gasteiger partial charge in [0.2, 0.25) is 0 Å². The molecule has 0 saturated heterocycles. The summed E-state index contributed by atoms with van der Waals surface area (Å²) >= 11 is 0. The lowest BCUT2D eigenvalue weighted by Gasteiger charge is -2.34. The number of hydrogen-bond donors (Lipinski definition) is 1. The molecule has 29 heavy (non-hydrogen) atoms. The lowest BCUT2D eigenvalue weighted by atomic mass is 9.92. The van der Waals surface area contributed by atoms with Crippen LogP contribution in [0.15, 0.2) is 24.5 Å². The fourth-order valence-electron chi connectivity index (χ4n) is 3.77. The van der Waals surface area contributed by atoms with Crippen LogP contribution in [0.4, 0.5) is 23.7 Å². The maximum absolute atomic E-state index is 12.7. The van der Waals surface area contributed by atoms with E-state index >= 15 is 0 Å². The average molecular weight is 409 g/mol. The van der Waals surface area contributed by atoms with Crippen molar-refractivity contribution < 1.29 is 27.8 Å². The third-order valence-corrected chi connectivity index (χ3v) is 5.42. The molecule has 2 heterocycles. The fourth-order valence-corrected chi connectivity index (χ4v) is 3.77. The predicted octanol–water partition coefficient (Wildman–Crippen LogP) is 5.04. The molecule has 4 rings (SSSR count). The number of halogens is 3. The molecule has 1 fully saturated rings. The molecule has 6 nitrogen and oxygen atoms in total. The van der Waals surface area contributed by atoms with Gasteiger partial charge in [0.25, 0.3) is 0 Å². The molecule has 2 aliphatic rings. The monoisotopic (exact) mass is 409 g/mol. The van der Waals surface area contributed by atoms with E-state index in [4.69, 9.17) is 4.74 Å². The van der Waals surface area contributed by atoms with Crippen LogP contribution in [-0.4, -0.2) is 39.8 Å². The van der Waals surface area contributed by atoms with Crippen LogP contribution in [0.3, 0.4) is 0 Å². The smallest absolute Gasteiger partial charge is 0.412 e. The minimum Gasteiger partial charge on any atom is -0.492 e. The molecule has 1 amide bonds. The number of amides is 1. The minimum atomic E-state index is -4.33. The highest BCUT2D eigenvalue weighted by molar-refractivity contribution is 5.91. The van der Waals surface area contributed by atoms with E-state index in [1.165, 1.54) is 4.90 Å². The lowest BCUT2D eigenvalue weighted by molar-refractivity contribution is -0.139. The van der Waals surface area contributed by atoms with Crippen LogP contribution in [0.1, 0.15) is 44.2 Å². The van der Waals surface area contributed by atoms with Gasteiger partial charge in [-0.05, 0) is 44.7 Å². The third kappa shape index (κ3) is 4.04. The first-order valence-corrected chi connectivity index (χ1v) is 9.66. The summed E-state index contributed by atoms with van der Waals surface area (Å²) in [5.74, 6) is 0.320. The zero-order valence-electron chi connectivity index (χ0n) is 15.9. The number of fused-ring (bicyclic) bond motifs is 1. The number of aromatic nitrogens is 2. The molecule has 0 unspecified atom stereocenters. The van der Waals surface area contributed by atoms with E-state index in [9.17, 15) is 23.1 Å². The van der Waals surface area contributed by atoms with Gasteiger partial charge < -0.3 is 9.84 Å². The van der Waals surface area contributed by atoms with Crippen molar-refractivity contribution in [3.05, 3.63) is 30.1 Å². The van der Waals surface area contributed by atoms with Crippen molar-refractivity contribution in [3.8, 4) is 16.9 Å². The molecule has 1 N–H and O–H groups in total. The van der Waals surface area contributed by atoms with Crippen LogP contribution in [0.2, 0.25) is 0 Å². The van der Waals surface area contributed by atoms with Crippen LogP contribution >= 0.6 is 0 Å². The van der Waals surface area contributed by atoms with Gasteiger partial charge in [0, 0.05) is 28.9 Å². The summed E-state index contributed by atoms with van der Waals surface area (Å²) in [6.07, 6.45) is 0.287. The Morgan fingerprint density at radius 1 is 1.31 bits per heavy atom.